The molecular formula is C15H12N4O4S2. The zero-order valence-electron chi connectivity index (χ0n) is 12.7. The molecule has 2 aromatic heterocycles. The number of nitrogens with one attached hydrogen (secondary N) is 1. The number of nitro benzene ring substituents is 1. The van der Waals surface area contributed by atoms with Crippen molar-refractivity contribution in [3.63, 3.8) is 0 Å². The van der Waals surface area contributed by atoms with Gasteiger partial charge in [0.15, 0.2) is 0 Å². The summed E-state index contributed by atoms with van der Waals surface area (Å²) >= 11 is 1.30. The minimum absolute atomic E-state index is 0.0114. The van der Waals surface area contributed by atoms with Crippen LogP contribution in [0, 0.1) is 10.1 Å². The van der Waals surface area contributed by atoms with Crippen LogP contribution in [0.4, 0.5) is 5.69 Å². The Morgan fingerprint density at radius 3 is 2.72 bits per heavy atom. The zero-order valence-corrected chi connectivity index (χ0v) is 14.3. The highest BCUT2D eigenvalue weighted by Gasteiger charge is 2.18. The van der Waals surface area contributed by atoms with Gasteiger partial charge in [-0.05, 0) is 18.2 Å². The molecule has 0 aliphatic rings. The average Bonchev–Trinajstić information content (AvgIpc) is 3.10. The van der Waals surface area contributed by atoms with Gasteiger partial charge in [0.1, 0.15) is 5.01 Å². The van der Waals surface area contributed by atoms with E-state index >= 15 is 0 Å². The molecule has 8 nitrogen and oxygen atoms in total. The Hall–Kier alpha value is -2.69. The second-order valence-electron chi connectivity index (χ2n) is 4.92. The highest BCUT2D eigenvalue weighted by Crippen LogP contribution is 2.21. The van der Waals surface area contributed by atoms with Crippen LogP contribution in [0.1, 0.15) is 5.01 Å². The molecule has 3 aromatic rings. The Balaban J connectivity index is 1.74. The second-order valence-corrected chi connectivity index (χ2v) is 7.63. The Bertz CT molecular complexity index is 1000. The number of rotatable bonds is 6. The molecule has 0 saturated carbocycles. The lowest BCUT2D eigenvalue weighted by atomic mass is 10.3. The highest BCUT2D eigenvalue weighted by atomic mass is 32.2. The van der Waals surface area contributed by atoms with Gasteiger partial charge >= 0.3 is 0 Å². The quantitative estimate of drug-likeness (QED) is 0.522. The Kier molecular flexibility index (Phi) is 4.83. The van der Waals surface area contributed by atoms with Crippen molar-refractivity contribution in [2.45, 2.75) is 11.4 Å². The van der Waals surface area contributed by atoms with Gasteiger partial charge in [-0.2, -0.15) is 0 Å². The molecule has 2 heterocycles. The van der Waals surface area contributed by atoms with E-state index in [1.165, 1.54) is 29.5 Å². The fourth-order valence-electron chi connectivity index (χ4n) is 2.03. The summed E-state index contributed by atoms with van der Waals surface area (Å²) in [5.74, 6) is 0. The topological polar surface area (TPSA) is 115 Å². The number of sulfonamides is 1. The highest BCUT2D eigenvalue weighted by molar-refractivity contribution is 7.89. The lowest BCUT2D eigenvalue weighted by Gasteiger charge is -2.05. The van der Waals surface area contributed by atoms with Crippen molar-refractivity contribution in [1.82, 2.24) is 14.7 Å². The molecule has 3 rings (SSSR count). The van der Waals surface area contributed by atoms with Gasteiger partial charge in [0.25, 0.3) is 5.69 Å². The van der Waals surface area contributed by atoms with Crippen LogP contribution in [0.2, 0.25) is 0 Å². The van der Waals surface area contributed by atoms with Crippen molar-refractivity contribution in [3.05, 3.63) is 69.2 Å². The molecule has 1 N–H and O–H groups in total. The molecule has 0 atom stereocenters. The number of hydrogen-bond acceptors (Lipinski definition) is 7. The van der Waals surface area contributed by atoms with E-state index in [0.717, 1.165) is 6.07 Å². The normalized spacial score (nSPS) is 11.4. The molecule has 1 aromatic carbocycles. The van der Waals surface area contributed by atoms with E-state index in [2.05, 4.69) is 14.7 Å². The van der Waals surface area contributed by atoms with Crippen LogP contribution in [0.15, 0.2) is 58.9 Å². The van der Waals surface area contributed by atoms with E-state index in [0.29, 0.717) is 16.4 Å². The summed E-state index contributed by atoms with van der Waals surface area (Å²) in [4.78, 5) is 18.5. The molecule has 0 bridgehead atoms. The van der Waals surface area contributed by atoms with Gasteiger partial charge in [-0.1, -0.05) is 12.1 Å². The number of pyridine rings is 1. The first kappa shape index (κ1) is 17.1. The summed E-state index contributed by atoms with van der Waals surface area (Å²) in [5, 5.41) is 13.1. The van der Waals surface area contributed by atoms with E-state index < -0.39 is 14.9 Å². The monoisotopic (exact) mass is 376 g/mol. The molecule has 0 spiro atoms. The minimum atomic E-state index is -3.87. The minimum Gasteiger partial charge on any atom is -0.258 e. The fraction of sp³-hybridized carbons (Fsp3) is 0.0667. The maximum absolute atomic E-state index is 12.3. The third-order valence-corrected chi connectivity index (χ3v) is 5.48. The van der Waals surface area contributed by atoms with Crippen molar-refractivity contribution < 1.29 is 13.3 Å². The SMILES string of the molecule is O=[N+]([O-])c1cccc(S(=O)(=O)NCc2nc(-c3ccccn3)cs2)c1. The molecule has 128 valence electrons. The summed E-state index contributed by atoms with van der Waals surface area (Å²) in [6.07, 6.45) is 1.65. The summed E-state index contributed by atoms with van der Waals surface area (Å²) < 4.78 is 27.0. The number of aromatic nitrogens is 2. The van der Waals surface area contributed by atoms with Crippen molar-refractivity contribution in [2.24, 2.45) is 0 Å². The van der Waals surface area contributed by atoms with Crippen LogP contribution in [0.25, 0.3) is 11.4 Å². The van der Waals surface area contributed by atoms with Gasteiger partial charge in [-0.3, -0.25) is 15.1 Å². The summed E-state index contributed by atoms with van der Waals surface area (Å²) in [5.41, 5.74) is 1.08. The molecule has 0 fully saturated rings. The predicted octanol–water partition coefficient (Wildman–Crippen LogP) is 2.59. The molecule has 25 heavy (non-hydrogen) atoms. The number of benzene rings is 1. The van der Waals surface area contributed by atoms with Gasteiger partial charge < -0.3 is 0 Å². The van der Waals surface area contributed by atoms with E-state index in [9.17, 15) is 18.5 Å². The standard InChI is InChI=1S/C15H12N4O4S2/c20-19(21)11-4-3-5-12(8-11)25(22,23)17-9-15-18-14(10-24-15)13-6-1-2-7-16-13/h1-8,10,17H,9H2. The molecule has 0 unspecified atom stereocenters. The molecule has 10 heteroatoms. The van der Waals surface area contributed by atoms with Crippen LogP contribution < -0.4 is 4.72 Å². The molecule has 0 aliphatic carbocycles. The number of non-ortho nitro benzene ring substituents is 1. The van der Waals surface area contributed by atoms with E-state index in [1.807, 2.05) is 12.1 Å². The largest absolute Gasteiger partial charge is 0.270 e. The van der Waals surface area contributed by atoms with Gasteiger partial charge in [-0.15, -0.1) is 11.3 Å². The number of nitro groups is 1. The first-order valence-electron chi connectivity index (χ1n) is 7.06. The Morgan fingerprint density at radius 1 is 1.16 bits per heavy atom. The third kappa shape index (κ3) is 4.05. The van der Waals surface area contributed by atoms with Gasteiger partial charge in [-0.25, -0.2) is 18.1 Å². The van der Waals surface area contributed by atoms with Crippen LogP contribution in [0.5, 0.6) is 0 Å². The third-order valence-electron chi connectivity index (χ3n) is 3.23. The van der Waals surface area contributed by atoms with Crippen molar-refractivity contribution in [3.8, 4) is 11.4 Å². The van der Waals surface area contributed by atoms with Gasteiger partial charge in [0, 0.05) is 23.7 Å². The summed E-state index contributed by atoms with van der Waals surface area (Å²) in [7, 11) is -3.87. The molecule has 0 saturated heterocycles. The Morgan fingerprint density at radius 2 is 2.00 bits per heavy atom. The van der Waals surface area contributed by atoms with Crippen molar-refractivity contribution in [2.75, 3.05) is 0 Å². The lowest BCUT2D eigenvalue weighted by Crippen LogP contribution is -2.23. The number of nitrogens with zero attached hydrogens (tertiary/aromatic N) is 3. The van der Waals surface area contributed by atoms with Crippen molar-refractivity contribution in [1.29, 1.82) is 0 Å². The van der Waals surface area contributed by atoms with Gasteiger partial charge in [0.2, 0.25) is 10.0 Å². The van der Waals surface area contributed by atoms with Gasteiger partial charge in [0.05, 0.1) is 27.8 Å². The lowest BCUT2D eigenvalue weighted by molar-refractivity contribution is -0.385. The zero-order chi connectivity index (χ0) is 17.9. The first-order valence-corrected chi connectivity index (χ1v) is 9.42. The summed E-state index contributed by atoms with van der Waals surface area (Å²) in [6.45, 7) is -0.0114. The molecule has 0 radical (unpaired) electrons. The number of thiazole rings is 1. The van der Waals surface area contributed by atoms with E-state index in [4.69, 9.17) is 0 Å². The molecule has 0 amide bonds. The molecule has 0 aliphatic heterocycles. The Labute approximate surface area is 147 Å². The first-order chi connectivity index (χ1) is 12.0. The second kappa shape index (κ2) is 7.05. The van der Waals surface area contributed by atoms with E-state index in [1.54, 1.807) is 17.6 Å². The van der Waals surface area contributed by atoms with E-state index in [-0.39, 0.29) is 17.1 Å². The van der Waals surface area contributed by atoms with Crippen molar-refractivity contribution >= 4 is 27.0 Å². The van der Waals surface area contributed by atoms with Crippen LogP contribution >= 0.6 is 11.3 Å². The number of hydrogen-bond donors (Lipinski definition) is 1. The molecular weight excluding hydrogens is 364 g/mol. The predicted molar refractivity (Wildman–Crippen MR) is 92.5 cm³/mol. The maximum Gasteiger partial charge on any atom is 0.270 e. The smallest absolute Gasteiger partial charge is 0.258 e. The summed E-state index contributed by atoms with van der Waals surface area (Å²) in [6, 6.07) is 10.3. The fourth-order valence-corrected chi connectivity index (χ4v) is 3.87. The van der Waals surface area contributed by atoms with Crippen LogP contribution in [0.3, 0.4) is 0 Å². The maximum atomic E-state index is 12.3. The van der Waals surface area contributed by atoms with Crippen LogP contribution in [-0.2, 0) is 16.6 Å². The van der Waals surface area contributed by atoms with Crippen LogP contribution in [-0.4, -0.2) is 23.3 Å². The average molecular weight is 376 g/mol.